The predicted molar refractivity (Wildman–Crippen MR) is 110 cm³/mol. The maximum absolute atomic E-state index is 12.8. The quantitative estimate of drug-likeness (QED) is 0.741. The Morgan fingerprint density at radius 3 is 2.77 bits per heavy atom. The number of carbonyl (C=O) groups is 1. The van der Waals surface area contributed by atoms with Crippen molar-refractivity contribution in [1.29, 1.82) is 0 Å². The van der Waals surface area contributed by atoms with E-state index in [1.54, 1.807) is 12.4 Å². The van der Waals surface area contributed by atoms with Crippen LogP contribution in [0.4, 0.5) is 0 Å². The van der Waals surface area contributed by atoms with Gasteiger partial charge in [0.25, 0.3) is 5.91 Å². The molecule has 0 spiro atoms. The molecular weight excluding hydrogens is 382 g/mol. The first-order valence-corrected chi connectivity index (χ1v) is 11.0. The standard InChI is InChI=1S/C21H31N7O2/c1-26(2)11-18-12-28(25-24-18)19-5-15-9-27(21(29)17-7-22-23-8-17)10-16(15)6-20(19)30-13-14-3-4-14/h7-8,12,14-16,19-20H,3-6,9-11,13H2,1-2H3,(H,22,23)/t15-,16+,19-,20-/m1/s1. The molecule has 1 N–H and O–H groups in total. The fourth-order valence-electron chi connectivity index (χ4n) is 4.98. The average molecular weight is 414 g/mol. The molecule has 0 bridgehead atoms. The molecular formula is C21H31N7O2. The van der Waals surface area contributed by atoms with E-state index in [1.165, 1.54) is 12.8 Å². The Bertz CT molecular complexity index is 861. The third kappa shape index (κ3) is 4.13. The monoisotopic (exact) mass is 413 g/mol. The van der Waals surface area contributed by atoms with Gasteiger partial charge in [0.1, 0.15) is 0 Å². The number of aromatic nitrogens is 5. The van der Waals surface area contributed by atoms with Crippen LogP contribution >= 0.6 is 0 Å². The molecule has 4 atom stereocenters. The van der Waals surface area contributed by atoms with Crippen molar-refractivity contribution in [3.05, 3.63) is 29.8 Å². The van der Waals surface area contributed by atoms with Gasteiger partial charge in [-0.2, -0.15) is 5.10 Å². The maximum atomic E-state index is 12.8. The van der Waals surface area contributed by atoms with Gasteiger partial charge in [0.15, 0.2) is 0 Å². The maximum Gasteiger partial charge on any atom is 0.257 e. The van der Waals surface area contributed by atoms with Gasteiger partial charge in [-0.05, 0) is 57.5 Å². The zero-order valence-electron chi connectivity index (χ0n) is 17.8. The number of nitrogens with one attached hydrogen (secondary N) is 1. The number of amides is 1. The summed E-state index contributed by atoms with van der Waals surface area (Å²) in [5, 5.41) is 15.5. The number of ether oxygens (including phenoxy) is 1. The molecule has 0 unspecified atom stereocenters. The summed E-state index contributed by atoms with van der Waals surface area (Å²) >= 11 is 0. The lowest BCUT2D eigenvalue weighted by molar-refractivity contribution is -0.0375. The first-order valence-electron chi connectivity index (χ1n) is 11.0. The number of hydrogen-bond donors (Lipinski definition) is 1. The zero-order valence-corrected chi connectivity index (χ0v) is 17.8. The summed E-state index contributed by atoms with van der Waals surface area (Å²) in [6, 6.07) is 0.178. The number of carbonyl (C=O) groups excluding carboxylic acids is 1. The largest absolute Gasteiger partial charge is 0.376 e. The molecule has 9 nitrogen and oxygen atoms in total. The molecule has 162 valence electrons. The Labute approximate surface area is 176 Å². The molecule has 2 saturated carbocycles. The van der Waals surface area contributed by atoms with Crippen LogP contribution in [0.2, 0.25) is 0 Å². The highest BCUT2D eigenvalue weighted by atomic mass is 16.5. The Morgan fingerprint density at radius 2 is 2.07 bits per heavy atom. The highest BCUT2D eigenvalue weighted by molar-refractivity contribution is 5.93. The van der Waals surface area contributed by atoms with Gasteiger partial charge >= 0.3 is 0 Å². The van der Waals surface area contributed by atoms with Crippen molar-refractivity contribution in [2.45, 2.75) is 44.4 Å². The van der Waals surface area contributed by atoms with Crippen LogP contribution < -0.4 is 0 Å². The van der Waals surface area contributed by atoms with Crippen LogP contribution in [0.1, 0.15) is 47.8 Å². The molecule has 3 fully saturated rings. The van der Waals surface area contributed by atoms with Gasteiger partial charge in [-0.3, -0.25) is 9.89 Å². The van der Waals surface area contributed by atoms with E-state index in [1.807, 2.05) is 23.7 Å². The molecule has 2 aromatic heterocycles. The SMILES string of the molecule is CN(C)Cc1cn([C@@H]2C[C@@H]3CN(C(=O)c4cn[nH]c4)C[C@@H]3C[C@H]2OCC2CC2)nn1. The van der Waals surface area contributed by atoms with E-state index in [0.29, 0.717) is 17.4 Å². The molecule has 3 aliphatic rings. The van der Waals surface area contributed by atoms with Gasteiger partial charge in [0, 0.05) is 32.4 Å². The smallest absolute Gasteiger partial charge is 0.257 e. The number of likely N-dealkylation sites (tertiary alicyclic amines) is 1. The van der Waals surface area contributed by atoms with E-state index in [9.17, 15) is 4.79 Å². The summed E-state index contributed by atoms with van der Waals surface area (Å²) in [6.07, 6.45) is 10.00. The number of nitrogens with zero attached hydrogens (tertiary/aromatic N) is 6. The van der Waals surface area contributed by atoms with Crippen molar-refractivity contribution in [1.82, 2.24) is 35.0 Å². The fourth-order valence-corrected chi connectivity index (χ4v) is 4.98. The van der Waals surface area contributed by atoms with Gasteiger partial charge in [-0.1, -0.05) is 5.21 Å². The van der Waals surface area contributed by atoms with Crippen molar-refractivity contribution < 1.29 is 9.53 Å². The van der Waals surface area contributed by atoms with Crippen molar-refractivity contribution in [3.63, 3.8) is 0 Å². The van der Waals surface area contributed by atoms with Gasteiger partial charge < -0.3 is 14.5 Å². The lowest BCUT2D eigenvalue weighted by Crippen LogP contribution is -2.38. The van der Waals surface area contributed by atoms with E-state index < -0.39 is 0 Å². The van der Waals surface area contributed by atoms with E-state index in [0.717, 1.165) is 50.7 Å². The third-order valence-electron chi connectivity index (χ3n) is 6.74. The van der Waals surface area contributed by atoms with Crippen LogP contribution in [0, 0.1) is 17.8 Å². The number of H-pyrrole nitrogens is 1. The molecule has 0 radical (unpaired) electrons. The first kappa shape index (κ1) is 19.7. The van der Waals surface area contributed by atoms with Gasteiger partial charge in [-0.15, -0.1) is 5.10 Å². The van der Waals surface area contributed by atoms with Gasteiger partial charge in [-0.25, -0.2) is 4.68 Å². The lowest BCUT2D eigenvalue weighted by atomic mass is 9.77. The summed E-state index contributed by atoms with van der Waals surface area (Å²) in [4.78, 5) is 16.9. The van der Waals surface area contributed by atoms with E-state index in [2.05, 4.69) is 31.6 Å². The summed E-state index contributed by atoms with van der Waals surface area (Å²) in [5.74, 6) is 1.74. The molecule has 1 amide bonds. The van der Waals surface area contributed by atoms with Crippen LogP contribution in [0.25, 0.3) is 0 Å². The minimum absolute atomic E-state index is 0.0687. The minimum Gasteiger partial charge on any atom is -0.376 e. The highest BCUT2D eigenvalue weighted by Gasteiger charge is 2.45. The molecule has 2 aromatic rings. The normalized spacial score (nSPS) is 28.8. The van der Waals surface area contributed by atoms with Crippen LogP contribution in [-0.4, -0.2) is 80.8 Å². The number of aromatic amines is 1. The predicted octanol–water partition coefficient (Wildman–Crippen LogP) is 1.58. The molecule has 3 heterocycles. The fraction of sp³-hybridized carbons (Fsp3) is 0.714. The van der Waals surface area contributed by atoms with Gasteiger partial charge in [0.05, 0.1) is 35.8 Å². The number of hydrogen-bond acceptors (Lipinski definition) is 6. The van der Waals surface area contributed by atoms with Crippen molar-refractivity contribution in [2.75, 3.05) is 33.8 Å². The summed E-state index contributed by atoms with van der Waals surface area (Å²) in [6.45, 7) is 3.21. The van der Waals surface area contributed by atoms with Crippen molar-refractivity contribution in [2.24, 2.45) is 17.8 Å². The summed E-state index contributed by atoms with van der Waals surface area (Å²) in [5.41, 5.74) is 1.61. The second-order valence-corrected chi connectivity index (χ2v) is 9.50. The number of fused-ring (bicyclic) bond motifs is 1. The van der Waals surface area contributed by atoms with Crippen molar-refractivity contribution in [3.8, 4) is 0 Å². The summed E-state index contributed by atoms with van der Waals surface area (Å²) < 4.78 is 8.44. The van der Waals surface area contributed by atoms with Gasteiger partial charge in [0.2, 0.25) is 0 Å². The topological polar surface area (TPSA) is 92.2 Å². The molecule has 0 aromatic carbocycles. The highest BCUT2D eigenvalue weighted by Crippen LogP contribution is 2.43. The van der Waals surface area contributed by atoms with Crippen LogP contribution in [0.15, 0.2) is 18.6 Å². The van der Waals surface area contributed by atoms with Crippen molar-refractivity contribution >= 4 is 5.91 Å². The summed E-state index contributed by atoms with van der Waals surface area (Å²) in [7, 11) is 4.08. The minimum atomic E-state index is 0.0687. The Balaban J connectivity index is 1.31. The number of rotatable bonds is 7. The third-order valence-corrected chi connectivity index (χ3v) is 6.74. The molecule has 1 aliphatic heterocycles. The van der Waals surface area contributed by atoms with Crippen LogP contribution in [-0.2, 0) is 11.3 Å². The molecule has 1 saturated heterocycles. The molecule has 9 heteroatoms. The Kier molecular flexibility index (Phi) is 5.32. The van der Waals surface area contributed by atoms with E-state index in [4.69, 9.17) is 4.74 Å². The molecule has 5 rings (SSSR count). The second-order valence-electron chi connectivity index (χ2n) is 9.50. The van der Waals surface area contributed by atoms with E-state index >= 15 is 0 Å². The second kappa shape index (κ2) is 8.11. The first-order chi connectivity index (χ1) is 14.6. The average Bonchev–Trinajstić information content (AvgIpc) is 3.13. The molecule has 2 aliphatic carbocycles. The molecule has 30 heavy (non-hydrogen) atoms. The van der Waals surface area contributed by atoms with E-state index in [-0.39, 0.29) is 18.1 Å². The van der Waals surface area contributed by atoms with Crippen LogP contribution in [0.5, 0.6) is 0 Å². The Hall–Kier alpha value is -2.26. The zero-order chi connectivity index (χ0) is 20.7. The lowest BCUT2D eigenvalue weighted by Gasteiger charge is -2.37. The Morgan fingerprint density at radius 1 is 1.27 bits per heavy atom. The van der Waals surface area contributed by atoms with Crippen LogP contribution in [0.3, 0.4) is 0 Å².